The molecule has 0 fully saturated rings. The minimum absolute atomic E-state index is 0.136. The molecule has 0 atom stereocenters. The Labute approximate surface area is 84.0 Å². The normalized spacial score (nSPS) is 9.64. The van der Waals surface area contributed by atoms with E-state index in [1.165, 1.54) is 10.6 Å². The first kappa shape index (κ1) is 10.4. The maximum Gasteiger partial charge on any atom is 0.273 e. The zero-order chi connectivity index (χ0) is 10.7. The van der Waals surface area contributed by atoms with Gasteiger partial charge in [0.2, 0.25) is 0 Å². The number of amides is 1. The zero-order valence-corrected chi connectivity index (χ0v) is 8.74. The van der Waals surface area contributed by atoms with E-state index in [-0.39, 0.29) is 5.91 Å². The van der Waals surface area contributed by atoms with Gasteiger partial charge in [0.05, 0.1) is 0 Å². The van der Waals surface area contributed by atoms with Gasteiger partial charge in [-0.1, -0.05) is 6.07 Å². The summed E-state index contributed by atoms with van der Waals surface area (Å²) in [6.07, 6.45) is 0. The van der Waals surface area contributed by atoms with Crippen LogP contribution in [0.15, 0.2) is 23.3 Å². The molecule has 0 spiro atoms. The van der Waals surface area contributed by atoms with Crippen molar-refractivity contribution in [1.82, 2.24) is 5.01 Å². The minimum Gasteiger partial charge on any atom is -0.267 e. The van der Waals surface area contributed by atoms with Crippen molar-refractivity contribution >= 4 is 12.6 Å². The zero-order valence-electron chi connectivity index (χ0n) is 8.74. The molecule has 0 N–H and O–H groups in total. The Bertz CT molecular complexity index is 372. The van der Waals surface area contributed by atoms with Gasteiger partial charge >= 0.3 is 0 Å². The summed E-state index contributed by atoms with van der Waals surface area (Å²) in [5, 5.41) is 4.78. The van der Waals surface area contributed by atoms with Crippen LogP contribution in [-0.2, 0) is 0 Å². The fourth-order valence-electron chi connectivity index (χ4n) is 1.13. The van der Waals surface area contributed by atoms with Crippen molar-refractivity contribution in [1.29, 1.82) is 0 Å². The van der Waals surface area contributed by atoms with E-state index in [0.717, 1.165) is 5.56 Å². The second-order valence-electron chi connectivity index (χ2n) is 3.27. The Morgan fingerprint density at radius 1 is 1.36 bits per heavy atom. The number of nitrogens with zero attached hydrogens (tertiary/aromatic N) is 2. The molecule has 0 radical (unpaired) electrons. The fraction of sp³-hybridized carbons (Fsp3) is 0.273. The van der Waals surface area contributed by atoms with E-state index in [2.05, 4.69) is 11.8 Å². The third-order valence-corrected chi connectivity index (χ3v) is 2.26. The summed E-state index contributed by atoms with van der Waals surface area (Å²) in [4.78, 5) is 11.6. The number of hydrogen-bond donors (Lipinski definition) is 0. The molecule has 1 aromatic rings. The summed E-state index contributed by atoms with van der Waals surface area (Å²) >= 11 is 0. The maximum absolute atomic E-state index is 11.6. The lowest BCUT2D eigenvalue weighted by Crippen LogP contribution is -2.20. The number of aryl methyl sites for hydroxylation is 2. The van der Waals surface area contributed by atoms with Gasteiger partial charge < -0.3 is 0 Å². The molecule has 1 amide bonds. The molecule has 14 heavy (non-hydrogen) atoms. The van der Waals surface area contributed by atoms with Gasteiger partial charge in [0.25, 0.3) is 5.91 Å². The molecular weight excluding hydrogens is 176 g/mol. The number of hydrogen-bond acceptors (Lipinski definition) is 2. The topological polar surface area (TPSA) is 32.7 Å². The Balaban J connectivity index is 3.02. The van der Waals surface area contributed by atoms with Crippen molar-refractivity contribution in [2.24, 2.45) is 5.10 Å². The predicted octanol–water partition coefficient (Wildman–Crippen LogP) is 1.99. The summed E-state index contributed by atoms with van der Waals surface area (Å²) in [6, 6.07) is 5.59. The van der Waals surface area contributed by atoms with E-state index in [1.54, 1.807) is 13.1 Å². The first-order valence-corrected chi connectivity index (χ1v) is 4.38. The van der Waals surface area contributed by atoms with Crippen molar-refractivity contribution in [3.05, 3.63) is 34.9 Å². The van der Waals surface area contributed by atoms with Gasteiger partial charge in [-0.05, 0) is 37.1 Å². The van der Waals surface area contributed by atoms with E-state index < -0.39 is 0 Å². The Kier molecular flexibility index (Phi) is 3.02. The molecule has 0 saturated heterocycles. The molecule has 0 heterocycles. The number of carbonyl (C=O) groups is 1. The van der Waals surface area contributed by atoms with Gasteiger partial charge in [-0.25, -0.2) is 5.01 Å². The fourth-order valence-corrected chi connectivity index (χ4v) is 1.13. The molecular formula is C11H14N2O. The number of carbonyl (C=O) groups excluding carboxylic acids is 1. The van der Waals surface area contributed by atoms with E-state index in [9.17, 15) is 4.79 Å². The highest BCUT2D eigenvalue weighted by atomic mass is 16.2. The Hall–Kier alpha value is -1.64. The maximum atomic E-state index is 11.6. The van der Waals surface area contributed by atoms with E-state index in [4.69, 9.17) is 0 Å². The van der Waals surface area contributed by atoms with Crippen LogP contribution in [0.4, 0.5) is 0 Å². The SMILES string of the molecule is C=NN(C)C(=O)c1ccc(C)c(C)c1. The van der Waals surface area contributed by atoms with Crippen molar-refractivity contribution in [3.8, 4) is 0 Å². The van der Waals surface area contributed by atoms with Crippen molar-refractivity contribution < 1.29 is 4.79 Å². The van der Waals surface area contributed by atoms with E-state index >= 15 is 0 Å². The predicted molar refractivity (Wildman–Crippen MR) is 57.6 cm³/mol. The molecule has 0 aliphatic carbocycles. The molecule has 74 valence electrons. The van der Waals surface area contributed by atoms with Crippen LogP contribution < -0.4 is 0 Å². The number of hydrazone groups is 1. The van der Waals surface area contributed by atoms with Crippen LogP contribution in [-0.4, -0.2) is 24.7 Å². The van der Waals surface area contributed by atoms with Gasteiger partial charge in [0, 0.05) is 19.3 Å². The highest BCUT2D eigenvalue weighted by Gasteiger charge is 2.10. The second kappa shape index (κ2) is 4.05. The average molecular weight is 190 g/mol. The molecule has 0 bridgehead atoms. The van der Waals surface area contributed by atoms with Gasteiger partial charge in [-0.2, -0.15) is 5.10 Å². The molecule has 1 rings (SSSR count). The summed E-state index contributed by atoms with van der Waals surface area (Å²) in [5.74, 6) is -0.136. The van der Waals surface area contributed by atoms with Crippen LogP contribution in [0.1, 0.15) is 21.5 Å². The molecule has 0 saturated carbocycles. The standard InChI is InChI=1S/C11H14N2O/c1-8-5-6-10(7-9(8)2)11(14)13(4)12-3/h5-7H,3H2,1-2,4H3. The van der Waals surface area contributed by atoms with E-state index in [0.29, 0.717) is 5.56 Å². The monoisotopic (exact) mass is 190 g/mol. The third kappa shape index (κ3) is 1.99. The first-order valence-electron chi connectivity index (χ1n) is 4.38. The number of rotatable bonds is 2. The highest BCUT2D eigenvalue weighted by Crippen LogP contribution is 2.11. The average Bonchev–Trinajstić information content (AvgIpc) is 2.20. The largest absolute Gasteiger partial charge is 0.273 e. The van der Waals surface area contributed by atoms with Gasteiger partial charge in [-0.3, -0.25) is 4.79 Å². The molecule has 3 heteroatoms. The van der Waals surface area contributed by atoms with Crippen molar-refractivity contribution in [2.45, 2.75) is 13.8 Å². The first-order chi connectivity index (χ1) is 6.56. The summed E-state index contributed by atoms with van der Waals surface area (Å²) in [6.45, 7) is 7.29. The molecule has 0 aromatic heterocycles. The van der Waals surface area contributed by atoms with Gasteiger partial charge in [-0.15, -0.1) is 0 Å². The van der Waals surface area contributed by atoms with Crippen LogP contribution in [0.3, 0.4) is 0 Å². The highest BCUT2D eigenvalue weighted by molar-refractivity contribution is 5.94. The van der Waals surface area contributed by atoms with Crippen LogP contribution in [0.5, 0.6) is 0 Å². The Morgan fingerprint density at radius 3 is 2.50 bits per heavy atom. The summed E-state index contributed by atoms with van der Waals surface area (Å²) in [7, 11) is 1.59. The summed E-state index contributed by atoms with van der Waals surface area (Å²) < 4.78 is 0. The van der Waals surface area contributed by atoms with E-state index in [1.807, 2.05) is 26.0 Å². The second-order valence-corrected chi connectivity index (χ2v) is 3.27. The van der Waals surface area contributed by atoms with Crippen LogP contribution in [0.25, 0.3) is 0 Å². The molecule has 0 aliphatic rings. The van der Waals surface area contributed by atoms with Gasteiger partial charge in [0.15, 0.2) is 0 Å². The van der Waals surface area contributed by atoms with Crippen LogP contribution >= 0.6 is 0 Å². The molecule has 0 aliphatic heterocycles. The van der Waals surface area contributed by atoms with Crippen molar-refractivity contribution in [3.63, 3.8) is 0 Å². The van der Waals surface area contributed by atoms with Crippen LogP contribution in [0, 0.1) is 13.8 Å². The van der Waals surface area contributed by atoms with Crippen LogP contribution in [0.2, 0.25) is 0 Å². The number of benzene rings is 1. The minimum atomic E-state index is -0.136. The van der Waals surface area contributed by atoms with Crippen molar-refractivity contribution in [2.75, 3.05) is 7.05 Å². The quantitative estimate of drug-likeness (QED) is 0.518. The molecule has 1 aromatic carbocycles. The lowest BCUT2D eigenvalue weighted by atomic mass is 10.1. The third-order valence-electron chi connectivity index (χ3n) is 2.26. The molecule has 0 unspecified atom stereocenters. The summed E-state index contributed by atoms with van der Waals surface area (Å²) in [5.41, 5.74) is 2.92. The lowest BCUT2D eigenvalue weighted by Gasteiger charge is -2.10. The lowest BCUT2D eigenvalue weighted by molar-refractivity contribution is 0.0801. The van der Waals surface area contributed by atoms with Gasteiger partial charge in [0.1, 0.15) is 0 Å². The Morgan fingerprint density at radius 2 is 2.00 bits per heavy atom. The smallest absolute Gasteiger partial charge is 0.267 e. The molecule has 3 nitrogen and oxygen atoms in total.